The zero-order chi connectivity index (χ0) is 7.56. The van der Waals surface area contributed by atoms with Gasteiger partial charge in [0.2, 0.25) is 5.78 Å². The monoisotopic (exact) mass is 142 g/mol. The van der Waals surface area contributed by atoms with E-state index < -0.39 is 11.7 Å². The van der Waals surface area contributed by atoms with Crippen molar-refractivity contribution in [2.75, 3.05) is 13.1 Å². The standard InChI is InChI=1S/C6H10N2O2/c1-5(9)6(10)8-4-2-3-7-8/h7H,2-4H2,1H3. The van der Waals surface area contributed by atoms with Gasteiger partial charge in [0.05, 0.1) is 0 Å². The van der Waals surface area contributed by atoms with E-state index in [4.69, 9.17) is 0 Å². The van der Waals surface area contributed by atoms with Crippen LogP contribution in [0.2, 0.25) is 0 Å². The lowest BCUT2D eigenvalue weighted by Crippen LogP contribution is -2.40. The second-order valence-electron chi connectivity index (χ2n) is 2.27. The molecule has 0 radical (unpaired) electrons. The minimum atomic E-state index is -0.433. The number of nitrogens with one attached hydrogen (secondary N) is 1. The third kappa shape index (κ3) is 1.33. The number of hydrogen-bond donors (Lipinski definition) is 1. The average molecular weight is 142 g/mol. The zero-order valence-corrected chi connectivity index (χ0v) is 5.89. The van der Waals surface area contributed by atoms with Crippen LogP contribution in [0.4, 0.5) is 0 Å². The Balaban J connectivity index is 2.48. The summed E-state index contributed by atoms with van der Waals surface area (Å²) in [6.45, 7) is 2.72. The van der Waals surface area contributed by atoms with E-state index in [0.29, 0.717) is 6.54 Å². The fourth-order valence-corrected chi connectivity index (χ4v) is 0.894. The third-order valence-corrected chi connectivity index (χ3v) is 1.41. The molecule has 10 heavy (non-hydrogen) atoms. The summed E-state index contributed by atoms with van der Waals surface area (Å²) in [7, 11) is 0. The first-order chi connectivity index (χ1) is 4.72. The van der Waals surface area contributed by atoms with Gasteiger partial charge in [-0.2, -0.15) is 0 Å². The maximum Gasteiger partial charge on any atom is 0.303 e. The van der Waals surface area contributed by atoms with Crippen molar-refractivity contribution in [3.05, 3.63) is 0 Å². The Morgan fingerprint density at radius 2 is 2.20 bits per heavy atom. The van der Waals surface area contributed by atoms with Gasteiger partial charge in [-0.25, -0.2) is 5.43 Å². The molecule has 0 aromatic carbocycles. The van der Waals surface area contributed by atoms with Crippen molar-refractivity contribution >= 4 is 11.7 Å². The molecule has 1 N–H and O–H groups in total. The summed E-state index contributed by atoms with van der Waals surface area (Å²) >= 11 is 0. The van der Waals surface area contributed by atoms with Gasteiger partial charge in [0, 0.05) is 20.0 Å². The Bertz CT molecular complexity index is 161. The van der Waals surface area contributed by atoms with Crippen molar-refractivity contribution in [1.29, 1.82) is 0 Å². The molecule has 0 atom stereocenters. The van der Waals surface area contributed by atoms with Crippen LogP contribution in [-0.2, 0) is 9.59 Å². The molecule has 1 saturated heterocycles. The molecule has 4 nitrogen and oxygen atoms in total. The topological polar surface area (TPSA) is 49.4 Å². The number of amides is 1. The van der Waals surface area contributed by atoms with Crippen LogP contribution in [-0.4, -0.2) is 29.8 Å². The SMILES string of the molecule is CC(=O)C(=O)N1CCCN1. The van der Waals surface area contributed by atoms with Gasteiger partial charge in [-0.1, -0.05) is 0 Å². The second-order valence-corrected chi connectivity index (χ2v) is 2.27. The first-order valence-corrected chi connectivity index (χ1v) is 3.28. The largest absolute Gasteiger partial charge is 0.303 e. The van der Waals surface area contributed by atoms with Crippen LogP contribution in [0.25, 0.3) is 0 Å². The molecule has 0 aromatic rings. The first kappa shape index (κ1) is 7.21. The lowest BCUT2D eigenvalue weighted by Gasteiger charge is -2.12. The van der Waals surface area contributed by atoms with Crippen molar-refractivity contribution < 1.29 is 9.59 Å². The highest BCUT2D eigenvalue weighted by molar-refractivity contribution is 6.34. The lowest BCUT2D eigenvalue weighted by atomic mass is 10.4. The van der Waals surface area contributed by atoms with E-state index in [2.05, 4.69) is 5.43 Å². The van der Waals surface area contributed by atoms with Crippen molar-refractivity contribution in [3.63, 3.8) is 0 Å². The molecule has 0 saturated carbocycles. The van der Waals surface area contributed by atoms with Gasteiger partial charge >= 0.3 is 5.91 Å². The van der Waals surface area contributed by atoms with Gasteiger partial charge in [-0.3, -0.25) is 14.6 Å². The molecular formula is C6H10N2O2. The Hall–Kier alpha value is -0.900. The van der Waals surface area contributed by atoms with Crippen LogP contribution in [0.15, 0.2) is 0 Å². The average Bonchev–Trinajstić information content (AvgIpc) is 2.36. The summed E-state index contributed by atoms with van der Waals surface area (Å²) in [5.74, 6) is -0.841. The minimum Gasteiger partial charge on any atom is -0.289 e. The highest BCUT2D eigenvalue weighted by atomic mass is 16.2. The Morgan fingerprint density at radius 3 is 2.60 bits per heavy atom. The molecule has 0 spiro atoms. The summed E-state index contributed by atoms with van der Waals surface area (Å²) in [5, 5.41) is 1.36. The Labute approximate surface area is 59.2 Å². The highest BCUT2D eigenvalue weighted by Crippen LogP contribution is 1.96. The summed E-state index contributed by atoms with van der Waals surface area (Å²) in [4.78, 5) is 21.4. The van der Waals surface area contributed by atoms with Gasteiger partial charge in [-0.05, 0) is 6.42 Å². The molecule has 1 aliphatic rings. The number of rotatable bonds is 1. The van der Waals surface area contributed by atoms with E-state index >= 15 is 0 Å². The first-order valence-electron chi connectivity index (χ1n) is 3.28. The summed E-state index contributed by atoms with van der Waals surface area (Å²) in [6.07, 6.45) is 0.930. The fourth-order valence-electron chi connectivity index (χ4n) is 0.894. The van der Waals surface area contributed by atoms with Crippen LogP contribution in [0.1, 0.15) is 13.3 Å². The molecule has 1 aliphatic heterocycles. The molecule has 1 heterocycles. The number of ketones is 1. The van der Waals surface area contributed by atoms with Gasteiger partial charge < -0.3 is 0 Å². The number of carbonyl (C=O) groups excluding carboxylic acids is 2. The maximum absolute atomic E-state index is 10.9. The smallest absolute Gasteiger partial charge is 0.289 e. The second kappa shape index (κ2) is 2.79. The molecule has 1 rings (SSSR count). The van der Waals surface area contributed by atoms with Crippen molar-refractivity contribution in [3.8, 4) is 0 Å². The molecule has 0 bridgehead atoms. The quantitative estimate of drug-likeness (QED) is 0.493. The number of Topliss-reactive ketones (excluding diaryl/α,β-unsaturated/α-hetero) is 1. The molecule has 1 amide bonds. The number of hydrazine groups is 1. The van der Waals surface area contributed by atoms with Gasteiger partial charge in [-0.15, -0.1) is 0 Å². The lowest BCUT2D eigenvalue weighted by molar-refractivity contribution is -0.144. The van der Waals surface area contributed by atoms with E-state index in [0.717, 1.165) is 13.0 Å². The van der Waals surface area contributed by atoms with Crippen LogP contribution >= 0.6 is 0 Å². The van der Waals surface area contributed by atoms with E-state index in [1.807, 2.05) is 0 Å². The normalized spacial score (nSPS) is 17.5. The van der Waals surface area contributed by atoms with E-state index in [9.17, 15) is 9.59 Å². The summed E-state index contributed by atoms with van der Waals surface area (Å²) < 4.78 is 0. The Morgan fingerprint density at radius 1 is 1.50 bits per heavy atom. The molecule has 0 aliphatic carbocycles. The molecule has 4 heteroatoms. The third-order valence-electron chi connectivity index (χ3n) is 1.41. The Kier molecular flexibility index (Phi) is 2.01. The van der Waals surface area contributed by atoms with Crippen molar-refractivity contribution in [2.24, 2.45) is 0 Å². The van der Waals surface area contributed by atoms with Crippen molar-refractivity contribution in [1.82, 2.24) is 10.4 Å². The van der Waals surface area contributed by atoms with E-state index in [-0.39, 0.29) is 0 Å². The molecule has 0 aromatic heterocycles. The van der Waals surface area contributed by atoms with Crippen LogP contribution < -0.4 is 5.43 Å². The van der Waals surface area contributed by atoms with E-state index in [1.54, 1.807) is 0 Å². The molecule has 56 valence electrons. The van der Waals surface area contributed by atoms with Crippen LogP contribution in [0.3, 0.4) is 0 Å². The summed E-state index contributed by atoms with van der Waals surface area (Å²) in [5.41, 5.74) is 2.80. The van der Waals surface area contributed by atoms with Gasteiger partial charge in [0.1, 0.15) is 0 Å². The predicted molar refractivity (Wildman–Crippen MR) is 35.0 cm³/mol. The predicted octanol–water partition coefficient (Wildman–Crippen LogP) is -0.688. The zero-order valence-electron chi connectivity index (χ0n) is 5.89. The van der Waals surface area contributed by atoms with Gasteiger partial charge in [0.25, 0.3) is 0 Å². The van der Waals surface area contributed by atoms with Gasteiger partial charge in [0.15, 0.2) is 0 Å². The molecule has 0 unspecified atom stereocenters. The summed E-state index contributed by atoms with van der Waals surface area (Å²) in [6, 6.07) is 0. The van der Waals surface area contributed by atoms with Crippen molar-refractivity contribution in [2.45, 2.75) is 13.3 Å². The van der Waals surface area contributed by atoms with Crippen LogP contribution in [0.5, 0.6) is 0 Å². The van der Waals surface area contributed by atoms with E-state index in [1.165, 1.54) is 11.9 Å². The molecular weight excluding hydrogens is 132 g/mol. The minimum absolute atomic E-state index is 0.408. The number of hydrogen-bond acceptors (Lipinski definition) is 3. The fraction of sp³-hybridized carbons (Fsp3) is 0.667. The van der Waals surface area contributed by atoms with Crippen LogP contribution in [0, 0.1) is 0 Å². The maximum atomic E-state index is 10.9. The highest BCUT2D eigenvalue weighted by Gasteiger charge is 2.20. The number of carbonyl (C=O) groups is 2. The number of nitrogens with zero attached hydrogens (tertiary/aromatic N) is 1. The molecule has 1 fully saturated rings.